The maximum Gasteiger partial charge on any atom is 0.449 e. The molecule has 4 rings (SSSR count). The first kappa shape index (κ1) is 25.3. The van der Waals surface area contributed by atoms with Gasteiger partial charge in [-0.3, -0.25) is 14.3 Å². The summed E-state index contributed by atoms with van der Waals surface area (Å²) < 4.78 is 39.5. The number of halogens is 3. The fraction of sp³-hybridized carbons (Fsp3) is 0.400. The van der Waals surface area contributed by atoms with Crippen molar-refractivity contribution in [3.8, 4) is 11.1 Å². The average molecular weight is 501 g/mol. The van der Waals surface area contributed by atoms with Gasteiger partial charge in [-0.25, -0.2) is 4.98 Å². The van der Waals surface area contributed by atoms with Crippen LogP contribution in [0, 0.1) is 5.92 Å². The van der Waals surface area contributed by atoms with Gasteiger partial charge in [-0.15, -0.1) is 0 Å². The molecule has 36 heavy (non-hydrogen) atoms. The zero-order chi connectivity index (χ0) is 25.9. The molecule has 1 aliphatic rings. The van der Waals surface area contributed by atoms with E-state index in [0.717, 1.165) is 11.1 Å². The van der Waals surface area contributed by atoms with E-state index in [1.807, 2.05) is 6.20 Å². The van der Waals surface area contributed by atoms with E-state index in [4.69, 9.17) is 0 Å². The standard InChI is InChI=1S/C25H27F3N6O2/c1-15(35)17-4-3-5-20(11-17)32-24-29-13-21(18-12-30-34(2)14-18)23(33-24)31-19-8-6-16(7-9-19)10-22(36)25(26,27)28/h3-5,11-14,16,19H,6-10H2,1-2H3,(H2,29,31,32,33). The van der Waals surface area contributed by atoms with Crippen LogP contribution in [-0.4, -0.2) is 43.5 Å². The van der Waals surface area contributed by atoms with Gasteiger partial charge in [0.25, 0.3) is 0 Å². The number of aromatic nitrogens is 4. The van der Waals surface area contributed by atoms with Crippen LogP contribution in [0.25, 0.3) is 11.1 Å². The largest absolute Gasteiger partial charge is 0.449 e. The fourth-order valence-corrected chi connectivity index (χ4v) is 4.35. The van der Waals surface area contributed by atoms with Gasteiger partial charge >= 0.3 is 6.18 Å². The smallest absolute Gasteiger partial charge is 0.367 e. The molecule has 11 heteroatoms. The van der Waals surface area contributed by atoms with Crippen LogP contribution >= 0.6 is 0 Å². The molecule has 0 amide bonds. The van der Waals surface area contributed by atoms with Gasteiger partial charge in [-0.05, 0) is 50.7 Å². The zero-order valence-electron chi connectivity index (χ0n) is 20.0. The molecule has 2 N–H and O–H groups in total. The summed E-state index contributed by atoms with van der Waals surface area (Å²) >= 11 is 0. The number of ketones is 2. The number of carbonyl (C=O) groups is 2. The molecule has 0 bridgehead atoms. The third-order valence-electron chi connectivity index (χ3n) is 6.31. The van der Waals surface area contributed by atoms with Gasteiger partial charge in [0, 0.05) is 54.3 Å². The zero-order valence-corrected chi connectivity index (χ0v) is 20.0. The van der Waals surface area contributed by atoms with Crippen molar-refractivity contribution in [1.29, 1.82) is 0 Å². The highest BCUT2D eigenvalue weighted by molar-refractivity contribution is 5.95. The van der Waals surface area contributed by atoms with Crippen molar-refractivity contribution in [2.24, 2.45) is 13.0 Å². The molecule has 1 aromatic carbocycles. The molecule has 2 heterocycles. The van der Waals surface area contributed by atoms with Crippen molar-refractivity contribution in [2.45, 2.75) is 51.2 Å². The predicted molar refractivity (Wildman–Crippen MR) is 129 cm³/mol. The van der Waals surface area contributed by atoms with Crippen LogP contribution in [0.2, 0.25) is 0 Å². The number of Topliss-reactive ketones (excluding diaryl/α,β-unsaturated/α-hetero) is 2. The first-order chi connectivity index (χ1) is 17.1. The molecule has 0 saturated heterocycles. The number of benzene rings is 1. The first-order valence-corrected chi connectivity index (χ1v) is 11.7. The Bertz CT molecular complexity index is 1250. The number of anilines is 3. The number of rotatable bonds is 8. The summed E-state index contributed by atoms with van der Waals surface area (Å²) in [5.41, 5.74) is 2.78. The Morgan fingerprint density at radius 2 is 1.89 bits per heavy atom. The summed E-state index contributed by atoms with van der Waals surface area (Å²) in [6.45, 7) is 1.49. The Morgan fingerprint density at radius 1 is 1.14 bits per heavy atom. The minimum atomic E-state index is -4.78. The molecular weight excluding hydrogens is 473 g/mol. The van der Waals surface area contributed by atoms with Gasteiger partial charge in [0.05, 0.1) is 6.20 Å². The summed E-state index contributed by atoms with van der Waals surface area (Å²) in [5.74, 6) is -1.08. The van der Waals surface area contributed by atoms with Crippen LogP contribution < -0.4 is 10.6 Å². The molecule has 190 valence electrons. The molecule has 0 radical (unpaired) electrons. The summed E-state index contributed by atoms with van der Waals surface area (Å²) in [6.07, 6.45) is 2.27. The Balaban J connectivity index is 1.51. The van der Waals surface area contributed by atoms with E-state index < -0.39 is 18.4 Å². The fourth-order valence-electron chi connectivity index (χ4n) is 4.35. The molecule has 1 aliphatic carbocycles. The third kappa shape index (κ3) is 6.27. The Morgan fingerprint density at radius 3 is 2.53 bits per heavy atom. The van der Waals surface area contributed by atoms with E-state index in [1.54, 1.807) is 48.4 Å². The summed E-state index contributed by atoms with van der Waals surface area (Å²) in [7, 11) is 1.80. The second-order valence-electron chi connectivity index (χ2n) is 9.11. The number of aryl methyl sites for hydroxylation is 1. The number of carbonyl (C=O) groups excluding carboxylic acids is 2. The van der Waals surface area contributed by atoms with Gasteiger partial charge in [0.1, 0.15) is 5.82 Å². The van der Waals surface area contributed by atoms with Crippen molar-refractivity contribution >= 4 is 29.0 Å². The van der Waals surface area contributed by atoms with E-state index >= 15 is 0 Å². The van der Waals surface area contributed by atoms with Crippen LogP contribution in [0.3, 0.4) is 0 Å². The van der Waals surface area contributed by atoms with Crippen LogP contribution in [0.1, 0.15) is 49.4 Å². The number of hydrogen-bond acceptors (Lipinski definition) is 7. The van der Waals surface area contributed by atoms with Gasteiger partial charge in [0.2, 0.25) is 11.7 Å². The predicted octanol–water partition coefficient (Wildman–Crippen LogP) is 5.32. The third-order valence-corrected chi connectivity index (χ3v) is 6.31. The van der Waals surface area contributed by atoms with Crippen molar-refractivity contribution in [1.82, 2.24) is 19.7 Å². The van der Waals surface area contributed by atoms with Crippen LogP contribution in [0.15, 0.2) is 42.9 Å². The molecule has 0 spiro atoms. The highest BCUT2D eigenvalue weighted by Crippen LogP contribution is 2.34. The van der Waals surface area contributed by atoms with Crippen LogP contribution in [0.4, 0.5) is 30.6 Å². The normalized spacial score (nSPS) is 18.0. The molecular formula is C25H27F3N6O2. The summed E-state index contributed by atoms with van der Waals surface area (Å²) in [4.78, 5) is 32.2. The average Bonchev–Trinajstić information content (AvgIpc) is 3.26. The minimum absolute atomic E-state index is 0.0125. The van der Waals surface area contributed by atoms with Crippen LogP contribution in [-0.2, 0) is 11.8 Å². The molecule has 0 atom stereocenters. The van der Waals surface area contributed by atoms with Crippen LogP contribution in [0.5, 0.6) is 0 Å². The molecule has 8 nitrogen and oxygen atoms in total. The Labute approximate surface area is 206 Å². The lowest BCUT2D eigenvalue weighted by Crippen LogP contribution is -2.30. The molecule has 0 aliphatic heterocycles. The second-order valence-corrected chi connectivity index (χ2v) is 9.11. The first-order valence-electron chi connectivity index (χ1n) is 11.7. The number of nitrogens with zero attached hydrogens (tertiary/aromatic N) is 4. The van der Waals surface area contributed by atoms with E-state index in [9.17, 15) is 22.8 Å². The highest BCUT2D eigenvalue weighted by Gasteiger charge is 2.39. The van der Waals surface area contributed by atoms with Gasteiger partial charge in [0.15, 0.2) is 5.78 Å². The number of nitrogens with one attached hydrogen (secondary N) is 2. The van der Waals surface area contributed by atoms with Gasteiger partial charge in [-0.2, -0.15) is 23.3 Å². The topological polar surface area (TPSA) is 102 Å². The van der Waals surface area contributed by atoms with Gasteiger partial charge < -0.3 is 10.6 Å². The van der Waals surface area contributed by atoms with Gasteiger partial charge in [-0.1, -0.05) is 12.1 Å². The second kappa shape index (κ2) is 10.5. The number of hydrogen-bond donors (Lipinski definition) is 2. The quantitative estimate of drug-likeness (QED) is 0.404. The Hall–Kier alpha value is -3.76. The molecule has 0 unspecified atom stereocenters. The summed E-state index contributed by atoms with van der Waals surface area (Å²) in [6, 6.07) is 7.01. The highest BCUT2D eigenvalue weighted by atomic mass is 19.4. The lowest BCUT2D eigenvalue weighted by molar-refractivity contribution is -0.172. The monoisotopic (exact) mass is 500 g/mol. The molecule has 1 saturated carbocycles. The maximum atomic E-state index is 12.6. The SMILES string of the molecule is CC(=O)c1cccc(Nc2ncc(-c3cnn(C)c3)c(NC3CCC(CC(=O)C(F)(F)F)CC3)n2)c1. The van der Waals surface area contributed by atoms with Crippen molar-refractivity contribution in [3.63, 3.8) is 0 Å². The lowest BCUT2D eigenvalue weighted by atomic mass is 9.83. The molecule has 1 fully saturated rings. The van der Waals surface area contributed by atoms with E-state index in [1.165, 1.54) is 6.92 Å². The van der Waals surface area contributed by atoms with Crippen molar-refractivity contribution in [3.05, 3.63) is 48.4 Å². The minimum Gasteiger partial charge on any atom is -0.367 e. The lowest BCUT2D eigenvalue weighted by Gasteiger charge is -2.29. The Kier molecular flexibility index (Phi) is 7.37. The van der Waals surface area contributed by atoms with Crippen molar-refractivity contribution in [2.75, 3.05) is 10.6 Å². The maximum absolute atomic E-state index is 12.6. The summed E-state index contributed by atoms with van der Waals surface area (Å²) in [5, 5.41) is 10.8. The van der Waals surface area contributed by atoms with Crippen molar-refractivity contribution < 1.29 is 22.8 Å². The molecule has 2 aromatic heterocycles. The van der Waals surface area contributed by atoms with E-state index in [0.29, 0.717) is 48.7 Å². The molecule has 3 aromatic rings. The number of alkyl halides is 3. The van der Waals surface area contributed by atoms with E-state index in [2.05, 4.69) is 25.7 Å². The van der Waals surface area contributed by atoms with E-state index in [-0.39, 0.29) is 17.7 Å².